The molecule has 2 nitrogen and oxygen atoms in total. The first-order chi connectivity index (χ1) is 10.1. The normalized spacial score (nSPS) is 12.8. The lowest BCUT2D eigenvalue weighted by molar-refractivity contribution is 0.411. The summed E-state index contributed by atoms with van der Waals surface area (Å²) >= 11 is 5.90. The van der Waals surface area contributed by atoms with Gasteiger partial charge in [-0.3, -0.25) is 0 Å². The van der Waals surface area contributed by atoms with Crippen molar-refractivity contribution >= 4 is 11.6 Å². The second-order valence-corrected chi connectivity index (χ2v) is 6.12. The molecule has 1 aromatic heterocycles. The molecule has 114 valence electrons. The molecule has 0 saturated carbocycles. The van der Waals surface area contributed by atoms with Gasteiger partial charge >= 0.3 is 0 Å². The predicted molar refractivity (Wildman–Crippen MR) is 89.0 cm³/mol. The van der Waals surface area contributed by atoms with E-state index in [2.05, 4.69) is 50.4 Å². The van der Waals surface area contributed by atoms with Gasteiger partial charge in [0.05, 0.1) is 6.04 Å². The van der Waals surface area contributed by atoms with Crippen molar-refractivity contribution in [2.45, 2.75) is 45.6 Å². The number of hydrogen-bond donors (Lipinski definition) is 1. The minimum atomic E-state index is 0.169. The molecule has 0 fully saturated rings. The molecule has 1 heterocycles. The van der Waals surface area contributed by atoms with Gasteiger partial charge in [-0.2, -0.15) is 0 Å². The number of hydrogen-bond acceptors (Lipinski definition) is 2. The van der Waals surface area contributed by atoms with Gasteiger partial charge in [-0.05, 0) is 60.2 Å². The van der Waals surface area contributed by atoms with Gasteiger partial charge in [0.2, 0.25) is 0 Å². The third kappa shape index (κ3) is 4.62. The Bertz CT molecular complexity index is 545. The van der Waals surface area contributed by atoms with Crippen molar-refractivity contribution in [2.24, 2.45) is 0 Å². The average Bonchev–Trinajstić information content (AvgIpc) is 2.90. The van der Waals surface area contributed by atoms with Crippen LogP contribution in [-0.2, 0) is 6.42 Å². The lowest BCUT2D eigenvalue weighted by Gasteiger charge is -2.17. The van der Waals surface area contributed by atoms with E-state index in [1.54, 1.807) is 6.07 Å². The van der Waals surface area contributed by atoms with Crippen LogP contribution in [0.4, 0.5) is 0 Å². The molecule has 0 saturated heterocycles. The predicted octanol–water partition coefficient (Wildman–Crippen LogP) is 5.34. The van der Waals surface area contributed by atoms with Gasteiger partial charge in [-0.1, -0.05) is 45.0 Å². The van der Waals surface area contributed by atoms with E-state index in [4.69, 9.17) is 16.0 Å². The van der Waals surface area contributed by atoms with E-state index >= 15 is 0 Å². The molecule has 0 aliphatic heterocycles. The van der Waals surface area contributed by atoms with Gasteiger partial charge in [-0.15, -0.1) is 0 Å². The van der Waals surface area contributed by atoms with Gasteiger partial charge in [-0.25, -0.2) is 0 Å². The summed E-state index contributed by atoms with van der Waals surface area (Å²) in [5, 5.41) is 3.98. The molecule has 2 aromatic rings. The van der Waals surface area contributed by atoms with Crippen LogP contribution in [0.2, 0.25) is 5.22 Å². The lowest BCUT2D eigenvalue weighted by atomic mass is 9.98. The smallest absolute Gasteiger partial charge is 0.193 e. The number of benzene rings is 1. The molecule has 0 radical (unpaired) electrons. The number of nitrogens with one attached hydrogen (secondary N) is 1. The summed E-state index contributed by atoms with van der Waals surface area (Å²) in [7, 11) is 0. The maximum Gasteiger partial charge on any atom is 0.193 e. The highest BCUT2D eigenvalue weighted by atomic mass is 35.5. The Morgan fingerprint density at radius 3 is 2.33 bits per heavy atom. The van der Waals surface area contributed by atoms with Crippen LogP contribution >= 0.6 is 11.6 Å². The Kier molecular flexibility index (Phi) is 5.89. The minimum Gasteiger partial charge on any atom is -0.448 e. The molecule has 0 spiro atoms. The second kappa shape index (κ2) is 7.67. The van der Waals surface area contributed by atoms with Gasteiger partial charge in [0, 0.05) is 0 Å². The van der Waals surface area contributed by atoms with E-state index in [0.29, 0.717) is 11.1 Å². The van der Waals surface area contributed by atoms with Crippen LogP contribution in [-0.4, -0.2) is 6.54 Å². The van der Waals surface area contributed by atoms with E-state index in [0.717, 1.165) is 25.1 Å². The highest BCUT2D eigenvalue weighted by Crippen LogP contribution is 2.24. The molecule has 0 amide bonds. The molecule has 1 unspecified atom stereocenters. The van der Waals surface area contributed by atoms with E-state index < -0.39 is 0 Å². The molecule has 0 aliphatic carbocycles. The van der Waals surface area contributed by atoms with Gasteiger partial charge in [0.25, 0.3) is 0 Å². The van der Waals surface area contributed by atoms with Crippen LogP contribution in [0, 0.1) is 0 Å². The van der Waals surface area contributed by atoms with Crippen LogP contribution in [0.15, 0.2) is 40.8 Å². The van der Waals surface area contributed by atoms with Gasteiger partial charge < -0.3 is 9.73 Å². The third-order valence-corrected chi connectivity index (χ3v) is 3.87. The van der Waals surface area contributed by atoms with Crippen LogP contribution in [0.25, 0.3) is 0 Å². The first-order valence-corrected chi connectivity index (χ1v) is 8.05. The SMILES string of the molecule is CCCNC(Cc1ccc(C(C)C)cc1)c1ccc(Cl)o1. The molecule has 1 aromatic carbocycles. The summed E-state index contributed by atoms with van der Waals surface area (Å²) < 4.78 is 5.58. The molecule has 21 heavy (non-hydrogen) atoms. The molecular formula is C18H24ClNO. The monoisotopic (exact) mass is 305 g/mol. The first-order valence-electron chi connectivity index (χ1n) is 7.67. The van der Waals surface area contributed by atoms with E-state index in [1.807, 2.05) is 6.07 Å². The summed E-state index contributed by atoms with van der Waals surface area (Å²) in [5.41, 5.74) is 2.68. The van der Waals surface area contributed by atoms with Crippen molar-refractivity contribution in [1.82, 2.24) is 5.32 Å². The van der Waals surface area contributed by atoms with E-state index in [1.165, 1.54) is 11.1 Å². The number of furan rings is 1. The zero-order valence-electron chi connectivity index (χ0n) is 13.0. The Morgan fingerprint density at radius 1 is 1.10 bits per heavy atom. The fourth-order valence-corrected chi connectivity index (χ4v) is 2.53. The van der Waals surface area contributed by atoms with Crippen molar-refractivity contribution in [3.8, 4) is 0 Å². The Hall–Kier alpha value is -1.25. The summed E-state index contributed by atoms with van der Waals surface area (Å²) in [6.45, 7) is 7.56. The fourth-order valence-electron chi connectivity index (χ4n) is 2.38. The molecule has 1 atom stereocenters. The van der Waals surface area contributed by atoms with E-state index in [-0.39, 0.29) is 6.04 Å². The van der Waals surface area contributed by atoms with Crippen LogP contribution in [0.5, 0.6) is 0 Å². The average molecular weight is 306 g/mol. The standard InChI is InChI=1S/C18H24ClNO/c1-4-11-20-16(17-9-10-18(19)21-17)12-14-5-7-15(8-6-14)13(2)3/h5-10,13,16,20H,4,11-12H2,1-3H3. The van der Waals surface area contributed by atoms with Crippen molar-refractivity contribution < 1.29 is 4.42 Å². The fraction of sp³-hybridized carbons (Fsp3) is 0.444. The van der Waals surface area contributed by atoms with Crippen molar-refractivity contribution in [1.29, 1.82) is 0 Å². The molecule has 3 heteroatoms. The highest BCUT2D eigenvalue weighted by Gasteiger charge is 2.15. The number of halogens is 1. The molecule has 0 bridgehead atoms. The molecule has 1 N–H and O–H groups in total. The van der Waals surface area contributed by atoms with Crippen molar-refractivity contribution in [2.75, 3.05) is 6.54 Å². The second-order valence-electron chi connectivity index (χ2n) is 5.75. The Labute approximate surface area is 132 Å². The molecular weight excluding hydrogens is 282 g/mol. The molecule has 0 aliphatic rings. The summed E-state index contributed by atoms with van der Waals surface area (Å²) in [6.07, 6.45) is 2.00. The quantitative estimate of drug-likeness (QED) is 0.747. The van der Waals surface area contributed by atoms with Crippen LogP contribution in [0.3, 0.4) is 0 Å². The Morgan fingerprint density at radius 2 is 1.81 bits per heavy atom. The maximum absolute atomic E-state index is 5.90. The van der Waals surface area contributed by atoms with Gasteiger partial charge in [0.15, 0.2) is 5.22 Å². The summed E-state index contributed by atoms with van der Waals surface area (Å²) in [4.78, 5) is 0. The highest BCUT2D eigenvalue weighted by molar-refractivity contribution is 6.28. The van der Waals surface area contributed by atoms with Gasteiger partial charge in [0.1, 0.15) is 5.76 Å². The number of rotatable bonds is 7. The van der Waals surface area contributed by atoms with Crippen molar-refractivity contribution in [3.05, 3.63) is 58.5 Å². The summed E-state index contributed by atoms with van der Waals surface area (Å²) in [6, 6.07) is 12.8. The zero-order valence-corrected chi connectivity index (χ0v) is 13.8. The first kappa shape index (κ1) is 16.1. The lowest BCUT2D eigenvalue weighted by Crippen LogP contribution is -2.23. The van der Waals surface area contributed by atoms with Crippen LogP contribution < -0.4 is 5.32 Å². The van der Waals surface area contributed by atoms with Crippen LogP contribution in [0.1, 0.15) is 56.0 Å². The molecule has 2 rings (SSSR count). The van der Waals surface area contributed by atoms with E-state index in [9.17, 15) is 0 Å². The summed E-state index contributed by atoms with van der Waals surface area (Å²) in [5.74, 6) is 1.47. The third-order valence-electron chi connectivity index (χ3n) is 3.66. The maximum atomic E-state index is 5.90. The largest absolute Gasteiger partial charge is 0.448 e. The minimum absolute atomic E-state index is 0.169. The Balaban J connectivity index is 2.10. The zero-order chi connectivity index (χ0) is 15.2. The van der Waals surface area contributed by atoms with Crippen molar-refractivity contribution in [3.63, 3.8) is 0 Å². The topological polar surface area (TPSA) is 25.2 Å².